The fourth-order valence-electron chi connectivity index (χ4n) is 2.56. The number of rotatable bonds is 3. The number of hydrogen-bond donors (Lipinski definition) is 3. The van der Waals surface area contributed by atoms with Crippen molar-refractivity contribution in [3.8, 4) is 0 Å². The summed E-state index contributed by atoms with van der Waals surface area (Å²) in [5, 5.41) is 14.5. The lowest BCUT2D eigenvalue weighted by molar-refractivity contribution is -0.138. The number of hydrogen-bond acceptors (Lipinski definition) is 3. The fourth-order valence-corrected chi connectivity index (χ4v) is 2.56. The maximum atomic E-state index is 12.5. The Labute approximate surface area is 124 Å². The molecule has 6 nitrogen and oxygen atoms in total. The average molecular weight is 291 g/mol. The van der Waals surface area contributed by atoms with Crippen LogP contribution >= 0.6 is 0 Å². The van der Waals surface area contributed by atoms with Crippen LogP contribution in [-0.4, -0.2) is 47.2 Å². The van der Waals surface area contributed by atoms with Crippen molar-refractivity contribution in [1.82, 2.24) is 15.5 Å². The van der Waals surface area contributed by atoms with Crippen LogP contribution in [0.15, 0.2) is 30.3 Å². The maximum Gasteiger partial charge on any atom is 0.405 e. The van der Waals surface area contributed by atoms with E-state index in [-0.39, 0.29) is 11.9 Å². The van der Waals surface area contributed by atoms with Gasteiger partial charge >= 0.3 is 6.09 Å². The van der Waals surface area contributed by atoms with Crippen LogP contribution in [0.1, 0.15) is 25.5 Å². The quantitative estimate of drug-likeness (QED) is 0.782. The van der Waals surface area contributed by atoms with E-state index in [1.807, 2.05) is 30.3 Å². The van der Waals surface area contributed by atoms with E-state index in [1.165, 1.54) is 0 Å². The molecule has 6 heteroatoms. The molecule has 1 aliphatic heterocycles. The van der Waals surface area contributed by atoms with Gasteiger partial charge in [0, 0.05) is 25.7 Å². The number of carbonyl (C=O) groups excluding carboxylic acids is 1. The van der Waals surface area contributed by atoms with Crippen molar-refractivity contribution in [2.24, 2.45) is 0 Å². The number of nitrogens with zero attached hydrogens (tertiary/aromatic N) is 1. The van der Waals surface area contributed by atoms with Gasteiger partial charge in [-0.25, -0.2) is 4.79 Å². The predicted molar refractivity (Wildman–Crippen MR) is 79.0 cm³/mol. The zero-order chi connectivity index (χ0) is 15.5. The first-order valence-corrected chi connectivity index (χ1v) is 6.99. The third-order valence-corrected chi connectivity index (χ3v) is 3.62. The summed E-state index contributed by atoms with van der Waals surface area (Å²) in [6, 6.07) is 10.00. The standard InChI is InChI=1S/C15H21N3O3/c1-15(2,17-14(20)21)13(19)18-9-8-16-12(10-18)11-6-4-3-5-7-11/h3-7,12,16-17H,8-10H2,1-2H3,(H,20,21)/t12-/m0/s1. The molecule has 0 saturated carbocycles. The molecule has 1 aliphatic rings. The number of piperazine rings is 1. The Hall–Kier alpha value is -2.08. The molecule has 0 radical (unpaired) electrons. The highest BCUT2D eigenvalue weighted by Gasteiger charge is 2.35. The zero-order valence-corrected chi connectivity index (χ0v) is 12.3. The van der Waals surface area contributed by atoms with Crippen molar-refractivity contribution < 1.29 is 14.7 Å². The Morgan fingerprint density at radius 2 is 2.00 bits per heavy atom. The van der Waals surface area contributed by atoms with Crippen LogP contribution in [0, 0.1) is 0 Å². The molecule has 2 amide bonds. The average Bonchev–Trinajstić information content (AvgIpc) is 2.46. The normalized spacial score (nSPS) is 19.1. The number of benzene rings is 1. The predicted octanol–water partition coefficient (Wildman–Crippen LogP) is 1.21. The SMILES string of the molecule is CC(C)(NC(=O)O)C(=O)N1CCN[C@H](c2ccccc2)C1. The largest absolute Gasteiger partial charge is 0.465 e. The van der Waals surface area contributed by atoms with E-state index >= 15 is 0 Å². The summed E-state index contributed by atoms with van der Waals surface area (Å²) < 4.78 is 0. The molecular weight excluding hydrogens is 270 g/mol. The first-order valence-electron chi connectivity index (χ1n) is 6.99. The zero-order valence-electron chi connectivity index (χ0n) is 12.3. The minimum Gasteiger partial charge on any atom is -0.465 e. The van der Waals surface area contributed by atoms with Crippen LogP contribution in [0.3, 0.4) is 0 Å². The third-order valence-electron chi connectivity index (χ3n) is 3.62. The van der Waals surface area contributed by atoms with Gasteiger partial charge in [-0.2, -0.15) is 0 Å². The second-order valence-electron chi connectivity index (χ2n) is 5.72. The van der Waals surface area contributed by atoms with Gasteiger partial charge in [-0.05, 0) is 19.4 Å². The number of nitrogens with one attached hydrogen (secondary N) is 2. The summed E-state index contributed by atoms with van der Waals surface area (Å²) >= 11 is 0. The van der Waals surface area contributed by atoms with Crippen LogP contribution in [0.5, 0.6) is 0 Å². The molecule has 0 aromatic heterocycles. The van der Waals surface area contributed by atoms with Crippen LogP contribution in [-0.2, 0) is 4.79 Å². The van der Waals surface area contributed by atoms with Gasteiger partial charge in [0.1, 0.15) is 5.54 Å². The molecule has 21 heavy (non-hydrogen) atoms. The van der Waals surface area contributed by atoms with Gasteiger partial charge in [-0.15, -0.1) is 0 Å². The molecule has 1 atom stereocenters. The topological polar surface area (TPSA) is 81.7 Å². The van der Waals surface area contributed by atoms with Crippen molar-refractivity contribution in [2.75, 3.05) is 19.6 Å². The molecule has 1 heterocycles. The maximum absolute atomic E-state index is 12.5. The van der Waals surface area contributed by atoms with E-state index in [9.17, 15) is 9.59 Å². The summed E-state index contributed by atoms with van der Waals surface area (Å²) in [7, 11) is 0. The Bertz CT molecular complexity index is 516. The van der Waals surface area contributed by atoms with Crippen LogP contribution < -0.4 is 10.6 Å². The number of carboxylic acid groups (broad SMARTS) is 1. The summed E-state index contributed by atoms with van der Waals surface area (Å²) in [5.74, 6) is -0.202. The van der Waals surface area contributed by atoms with Gasteiger partial charge in [0.05, 0.1) is 0 Å². The molecule has 0 bridgehead atoms. The lowest BCUT2D eigenvalue weighted by atomic mass is 10.00. The van der Waals surface area contributed by atoms with Crippen molar-refractivity contribution in [2.45, 2.75) is 25.4 Å². The Morgan fingerprint density at radius 1 is 1.33 bits per heavy atom. The molecular formula is C15H21N3O3. The number of amides is 2. The highest BCUT2D eigenvalue weighted by Crippen LogP contribution is 2.19. The molecule has 1 saturated heterocycles. The van der Waals surface area contributed by atoms with Crippen LogP contribution in [0.25, 0.3) is 0 Å². The van der Waals surface area contributed by atoms with E-state index in [4.69, 9.17) is 5.11 Å². The third kappa shape index (κ3) is 3.72. The van der Waals surface area contributed by atoms with Crippen molar-refractivity contribution in [3.05, 3.63) is 35.9 Å². The highest BCUT2D eigenvalue weighted by molar-refractivity contribution is 5.89. The van der Waals surface area contributed by atoms with Gasteiger partial charge in [-0.1, -0.05) is 30.3 Å². The molecule has 1 aromatic rings. The molecule has 2 rings (SSSR count). The first kappa shape index (κ1) is 15.3. The second-order valence-corrected chi connectivity index (χ2v) is 5.72. The van der Waals surface area contributed by atoms with Gasteiger partial charge in [0.15, 0.2) is 0 Å². The molecule has 0 unspecified atom stereocenters. The van der Waals surface area contributed by atoms with Crippen LogP contribution in [0.2, 0.25) is 0 Å². The molecule has 0 spiro atoms. The van der Waals surface area contributed by atoms with Gasteiger partial charge in [-0.3, -0.25) is 4.79 Å². The van der Waals surface area contributed by atoms with Gasteiger partial charge < -0.3 is 20.6 Å². The minimum atomic E-state index is -1.19. The minimum absolute atomic E-state index is 0.0736. The Morgan fingerprint density at radius 3 is 2.62 bits per heavy atom. The van der Waals surface area contributed by atoms with Gasteiger partial charge in [0.2, 0.25) is 5.91 Å². The lowest BCUT2D eigenvalue weighted by Crippen LogP contribution is -2.59. The van der Waals surface area contributed by atoms with E-state index in [1.54, 1.807) is 18.7 Å². The smallest absolute Gasteiger partial charge is 0.405 e. The summed E-state index contributed by atoms with van der Waals surface area (Å²) in [4.78, 5) is 25.0. The van der Waals surface area contributed by atoms with Crippen molar-refractivity contribution in [3.63, 3.8) is 0 Å². The molecule has 1 aromatic carbocycles. The molecule has 114 valence electrons. The lowest BCUT2D eigenvalue weighted by Gasteiger charge is -2.38. The molecule has 1 fully saturated rings. The van der Waals surface area contributed by atoms with Crippen molar-refractivity contribution >= 4 is 12.0 Å². The van der Waals surface area contributed by atoms with E-state index in [0.717, 1.165) is 5.56 Å². The van der Waals surface area contributed by atoms with E-state index in [2.05, 4.69) is 10.6 Å². The highest BCUT2D eigenvalue weighted by atomic mass is 16.4. The monoisotopic (exact) mass is 291 g/mol. The number of carbonyl (C=O) groups is 2. The first-order chi connectivity index (χ1) is 9.90. The van der Waals surface area contributed by atoms with Crippen molar-refractivity contribution in [1.29, 1.82) is 0 Å². The second kappa shape index (κ2) is 6.13. The molecule has 0 aliphatic carbocycles. The Kier molecular flexibility index (Phi) is 4.47. The summed E-state index contributed by atoms with van der Waals surface area (Å²) in [6.45, 7) is 4.97. The van der Waals surface area contributed by atoms with Gasteiger partial charge in [0.25, 0.3) is 0 Å². The van der Waals surface area contributed by atoms with E-state index < -0.39 is 11.6 Å². The molecule has 3 N–H and O–H groups in total. The summed E-state index contributed by atoms with van der Waals surface area (Å²) in [6.07, 6.45) is -1.19. The fraction of sp³-hybridized carbons (Fsp3) is 0.467. The van der Waals surface area contributed by atoms with Crippen LogP contribution in [0.4, 0.5) is 4.79 Å². The van der Waals surface area contributed by atoms with E-state index in [0.29, 0.717) is 19.6 Å². The Balaban J connectivity index is 2.07. The summed E-state index contributed by atoms with van der Waals surface area (Å²) in [5.41, 5.74) is 0.00345.